The molecule has 0 spiro atoms. The second-order valence-electron chi connectivity index (χ2n) is 5.04. The second kappa shape index (κ2) is 7.31. The van der Waals surface area contributed by atoms with Crippen molar-refractivity contribution in [1.82, 2.24) is 4.90 Å². The molecule has 23 heavy (non-hydrogen) atoms. The van der Waals surface area contributed by atoms with Gasteiger partial charge in [-0.05, 0) is 24.3 Å². The molecule has 0 radical (unpaired) electrons. The molecule has 0 bridgehead atoms. The average Bonchev–Trinajstić information content (AvgIpc) is 2.54. The molecule has 0 fully saturated rings. The largest absolute Gasteiger partial charge is 0.506 e. The predicted octanol–water partition coefficient (Wildman–Crippen LogP) is 2.11. The second-order valence-corrected chi connectivity index (χ2v) is 5.04. The highest BCUT2D eigenvalue weighted by atomic mass is 16.5. The molecule has 0 saturated carbocycles. The van der Waals surface area contributed by atoms with Crippen LogP contribution in [-0.4, -0.2) is 42.5 Å². The van der Waals surface area contributed by atoms with Crippen LogP contribution in [0.15, 0.2) is 48.5 Å². The highest BCUT2D eigenvalue weighted by Gasteiger charge is 2.15. The molecule has 0 aromatic heterocycles. The number of carbonyl (C=O) groups is 2. The van der Waals surface area contributed by atoms with Crippen molar-refractivity contribution in [2.24, 2.45) is 0 Å². The minimum absolute atomic E-state index is 0.0259. The number of para-hydroxylation sites is 3. The first kappa shape index (κ1) is 16.4. The number of rotatable bonds is 5. The maximum atomic E-state index is 12.4. The summed E-state index contributed by atoms with van der Waals surface area (Å²) in [5, 5.41) is 12.3. The van der Waals surface area contributed by atoms with Crippen molar-refractivity contribution >= 4 is 17.5 Å². The molecule has 6 heteroatoms. The number of nitrogens with one attached hydrogen (secondary N) is 1. The number of ether oxygens (including phenoxy) is 1. The van der Waals surface area contributed by atoms with E-state index in [1.165, 1.54) is 11.0 Å². The topological polar surface area (TPSA) is 78.9 Å². The van der Waals surface area contributed by atoms with Crippen LogP contribution in [0.2, 0.25) is 0 Å². The zero-order valence-electron chi connectivity index (χ0n) is 12.9. The van der Waals surface area contributed by atoms with E-state index in [-0.39, 0.29) is 23.8 Å². The van der Waals surface area contributed by atoms with E-state index < -0.39 is 5.91 Å². The van der Waals surface area contributed by atoms with Crippen molar-refractivity contribution in [3.8, 4) is 11.5 Å². The quantitative estimate of drug-likeness (QED) is 0.829. The summed E-state index contributed by atoms with van der Waals surface area (Å²) in [4.78, 5) is 25.4. The molecule has 2 aromatic rings. The Bertz CT molecular complexity index is 713. The Morgan fingerprint density at radius 3 is 2.43 bits per heavy atom. The molecule has 2 aromatic carbocycles. The number of hydrogen-bond acceptors (Lipinski definition) is 4. The molecule has 0 heterocycles. The third-order valence-corrected chi connectivity index (χ3v) is 3.13. The van der Waals surface area contributed by atoms with Gasteiger partial charge >= 0.3 is 0 Å². The summed E-state index contributed by atoms with van der Waals surface area (Å²) in [6.45, 7) is -0.159. The van der Waals surface area contributed by atoms with Crippen molar-refractivity contribution < 1.29 is 19.4 Å². The lowest BCUT2D eigenvalue weighted by Crippen LogP contribution is -2.28. The lowest BCUT2D eigenvalue weighted by Gasteiger charge is -2.14. The highest BCUT2D eigenvalue weighted by molar-refractivity contribution is 6.06. The Kier molecular flexibility index (Phi) is 5.19. The fraction of sp³-hybridized carbons (Fsp3) is 0.176. The summed E-state index contributed by atoms with van der Waals surface area (Å²) in [6, 6.07) is 13.0. The van der Waals surface area contributed by atoms with Gasteiger partial charge in [-0.25, -0.2) is 0 Å². The van der Waals surface area contributed by atoms with Crippen molar-refractivity contribution in [2.45, 2.75) is 0 Å². The normalized spacial score (nSPS) is 10.0. The van der Waals surface area contributed by atoms with Crippen molar-refractivity contribution in [3.63, 3.8) is 0 Å². The number of hydrogen-bond donors (Lipinski definition) is 2. The van der Waals surface area contributed by atoms with E-state index >= 15 is 0 Å². The van der Waals surface area contributed by atoms with Crippen molar-refractivity contribution in [1.29, 1.82) is 0 Å². The van der Waals surface area contributed by atoms with Gasteiger partial charge in [-0.3, -0.25) is 9.59 Å². The number of nitrogens with zero attached hydrogens (tertiary/aromatic N) is 1. The smallest absolute Gasteiger partial charge is 0.259 e. The van der Waals surface area contributed by atoms with Crippen LogP contribution < -0.4 is 10.1 Å². The van der Waals surface area contributed by atoms with Crippen LogP contribution >= 0.6 is 0 Å². The number of amides is 2. The molecule has 0 atom stereocenters. The van der Waals surface area contributed by atoms with Gasteiger partial charge in [0.05, 0.1) is 11.3 Å². The fourth-order valence-electron chi connectivity index (χ4n) is 1.82. The molecule has 2 N–H and O–H groups in total. The molecule has 2 amide bonds. The number of likely N-dealkylation sites (N-methyl/N-ethyl adjacent to an activating group) is 1. The van der Waals surface area contributed by atoms with E-state index in [4.69, 9.17) is 4.74 Å². The van der Waals surface area contributed by atoms with E-state index in [0.717, 1.165) is 0 Å². The number of aromatic hydroxyl groups is 1. The van der Waals surface area contributed by atoms with Crippen LogP contribution in [0.4, 0.5) is 5.69 Å². The molecular formula is C17H18N2O4. The number of anilines is 1. The number of benzene rings is 2. The van der Waals surface area contributed by atoms with Crippen LogP contribution in [0.5, 0.6) is 11.5 Å². The van der Waals surface area contributed by atoms with Gasteiger partial charge in [0.2, 0.25) is 0 Å². The minimum atomic E-state index is -0.431. The number of phenolic OH excluding ortho intramolecular Hbond substituents is 1. The van der Waals surface area contributed by atoms with Crippen LogP contribution in [0.1, 0.15) is 10.4 Å². The standard InChI is InChI=1S/C17H18N2O4/c1-19(2)16(21)11-23-15-10-6-3-7-12(15)17(22)18-13-8-4-5-9-14(13)20/h3-10,20H,11H2,1-2H3,(H,18,22). The van der Waals surface area contributed by atoms with E-state index in [9.17, 15) is 14.7 Å². The third kappa shape index (κ3) is 4.23. The highest BCUT2D eigenvalue weighted by Crippen LogP contribution is 2.24. The van der Waals surface area contributed by atoms with Crippen molar-refractivity contribution in [2.75, 3.05) is 26.0 Å². The molecule has 6 nitrogen and oxygen atoms in total. The molecule has 0 unspecified atom stereocenters. The average molecular weight is 314 g/mol. The van der Waals surface area contributed by atoms with E-state index in [1.807, 2.05) is 0 Å². The third-order valence-electron chi connectivity index (χ3n) is 3.13. The maximum absolute atomic E-state index is 12.4. The van der Waals surface area contributed by atoms with E-state index in [2.05, 4.69) is 5.32 Å². The molecule has 0 aliphatic carbocycles. The summed E-state index contributed by atoms with van der Waals surface area (Å²) < 4.78 is 5.43. The zero-order chi connectivity index (χ0) is 16.8. The predicted molar refractivity (Wildman–Crippen MR) is 86.7 cm³/mol. The monoisotopic (exact) mass is 314 g/mol. The minimum Gasteiger partial charge on any atom is -0.506 e. The summed E-state index contributed by atoms with van der Waals surface area (Å²) in [5.74, 6) is -0.363. The van der Waals surface area contributed by atoms with E-state index in [0.29, 0.717) is 11.4 Å². The molecule has 0 aliphatic heterocycles. The van der Waals surface area contributed by atoms with Crippen LogP contribution in [-0.2, 0) is 4.79 Å². The lowest BCUT2D eigenvalue weighted by molar-refractivity contribution is -0.130. The van der Waals surface area contributed by atoms with Crippen LogP contribution in [0, 0.1) is 0 Å². The number of phenols is 1. The van der Waals surface area contributed by atoms with Crippen molar-refractivity contribution in [3.05, 3.63) is 54.1 Å². The summed E-state index contributed by atoms with van der Waals surface area (Å²) >= 11 is 0. The number of carbonyl (C=O) groups excluding carboxylic acids is 2. The van der Waals surface area contributed by atoms with Gasteiger partial charge in [-0.2, -0.15) is 0 Å². The van der Waals surface area contributed by atoms with Gasteiger partial charge in [0, 0.05) is 14.1 Å². The molecule has 120 valence electrons. The van der Waals surface area contributed by atoms with Gasteiger partial charge in [-0.1, -0.05) is 24.3 Å². The molecule has 0 aliphatic rings. The Morgan fingerprint density at radius 2 is 1.74 bits per heavy atom. The van der Waals surface area contributed by atoms with Gasteiger partial charge in [-0.15, -0.1) is 0 Å². The van der Waals surface area contributed by atoms with Gasteiger partial charge < -0.3 is 20.1 Å². The molecule has 0 saturated heterocycles. The first-order valence-electron chi connectivity index (χ1n) is 7.00. The Hall–Kier alpha value is -3.02. The van der Waals surface area contributed by atoms with Crippen LogP contribution in [0.3, 0.4) is 0 Å². The summed E-state index contributed by atoms with van der Waals surface area (Å²) in [6.07, 6.45) is 0. The van der Waals surface area contributed by atoms with Gasteiger partial charge in [0.15, 0.2) is 6.61 Å². The first-order valence-corrected chi connectivity index (χ1v) is 7.00. The maximum Gasteiger partial charge on any atom is 0.259 e. The summed E-state index contributed by atoms with van der Waals surface area (Å²) in [7, 11) is 3.25. The van der Waals surface area contributed by atoms with Gasteiger partial charge in [0.1, 0.15) is 11.5 Å². The Morgan fingerprint density at radius 1 is 1.09 bits per heavy atom. The Balaban J connectivity index is 2.14. The molecule has 2 rings (SSSR count). The zero-order valence-corrected chi connectivity index (χ0v) is 12.9. The Labute approximate surface area is 134 Å². The van der Waals surface area contributed by atoms with Crippen LogP contribution in [0.25, 0.3) is 0 Å². The fourth-order valence-corrected chi connectivity index (χ4v) is 1.82. The first-order chi connectivity index (χ1) is 11.0. The molecular weight excluding hydrogens is 296 g/mol. The lowest BCUT2D eigenvalue weighted by atomic mass is 10.2. The summed E-state index contributed by atoms with van der Waals surface area (Å²) in [5.41, 5.74) is 0.582. The van der Waals surface area contributed by atoms with Gasteiger partial charge in [0.25, 0.3) is 11.8 Å². The van der Waals surface area contributed by atoms with E-state index in [1.54, 1.807) is 56.6 Å². The SMILES string of the molecule is CN(C)C(=O)COc1ccccc1C(=O)Nc1ccccc1O.